The van der Waals surface area contributed by atoms with Crippen LogP contribution in [0.5, 0.6) is 5.75 Å². The lowest BCUT2D eigenvalue weighted by Crippen LogP contribution is -2.25. The van der Waals surface area contributed by atoms with Crippen LogP contribution >= 0.6 is 0 Å². The Morgan fingerprint density at radius 2 is 1.91 bits per heavy atom. The van der Waals surface area contributed by atoms with Gasteiger partial charge in [0.15, 0.2) is 0 Å². The zero-order valence-corrected chi connectivity index (χ0v) is 14.0. The number of methoxy groups -OCH3 is 2. The maximum Gasteiger partial charge on any atom is 0.253 e. The summed E-state index contributed by atoms with van der Waals surface area (Å²) in [7, 11) is 3.31. The van der Waals surface area contributed by atoms with Gasteiger partial charge >= 0.3 is 0 Å². The topological polar surface area (TPSA) is 52.5 Å². The second-order valence-electron chi connectivity index (χ2n) is 5.39. The summed E-state index contributed by atoms with van der Waals surface area (Å²) in [5.41, 5.74) is 2.84. The first-order valence-corrected chi connectivity index (χ1v) is 7.71. The van der Waals surface area contributed by atoms with Crippen LogP contribution in [-0.2, 0) is 11.3 Å². The Hall–Kier alpha value is -2.27. The average Bonchev–Trinajstić information content (AvgIpc) is 2.93. The van der Waals surface area contributed by atoms with E-state index in [-0.39, 0.29) is 5.91 Å². The predicted octanol–water partition coefficient (Wildman–Crippen LogP) is 2.62. The van der Waals surface area contributed by atoms with Gasteiger partial charge in [-0.05, 0) is 37.1 Å². The fraction of sp³-hybridized carbons (Fsp3) is 0.389. The molecule has 1 aromatic carbocycles. The Balaban J connectivity index is 1.99. The minimum absolute atomic E-state index is 0.0351. The average molecular weight is 316 g/mol. The van der Waals surface area contributed by atoms with Gasteiger partial charge in [-0.1, -0.05) is 12.1 Å². The molecule has 124 valence electrons. The fourth-order valence-electron chi connectivity index (χ4n) is 2.40. The van der Waals surface area contributed by atoms with Crippen molar-refractivity contribution in [3.8, 4) is 5.75 Å². The van der Waals surface area contributed by atoms with Gasteiger partial charge in [-0.3, -0.25) is 4.79 Å². The van der Waals surface area contributed by atoms with Crippen LogP contribution in [0.3, 0.4) is 0 Å². The molecule has 23 heavy (non-hydrogen) atoms. The summed E-state index contributed by atoms with van der Waals surface area (Å²) < 4.78 is 12.2. The van der Waals surface area contributed by atoms with E-state index in [0.717, 1.165) is 35.5 Å². The predicted molar refractivity (Wildman–Crippen MR) is 90.1 cm³/mol. The summed E-state index contributed by atoms with van der Waals surface area (Å²) in [5, 5.41) is 2.92. The lowest BCUT2D eigenvalue weighted by atomic mass is 10.2. The number of hydrogen-bond acceptors (Lipinski definition) is 3. The smallest absolute Gasteiger partial charge is 0.253 e. The first-order valence-electron chi connectivity index (χ1n) is 7.71. The highest BCUT2D eigenvalue weighted by molar-refractivity contribution is 5.95. The minimum Gasteiger partial charge on any atom is -0.497 e. The number of rotatable bonds is 8. The number of amides is 1. The number of benzene rings is 1. The summed E-state index contributed by atoms with van der Waals surface area (Å²) in [5.74, 6) is 0.807. The molecule has 0 aliphatic heterocycles. The van der Waals surface area contributed by atoms with Crippen molar-refractivity contribution in [2.75, 3.05) is 27.4 Å². The third-order valence-corrected chi connectivity index (χ3v) is 3.81. The van der Waals surface area contributed by atoms with Gasteiger partial charge in [-0.2, -0.15) is 0 Å². The molecule has 1 N–H and O–H groups in total. The van der Waals surface area contributed by atoms with Crippen molar-refractivity contribution in [3.05, 3.63) is 53.3 Å². The Kier molecular flexibility index (Phi) is 6.23. The number of carbonyl (C=O) groups excluding carboxylic acids is 1. The van der Waals surface area contributed by atoms with Gasteiger partial charge in [0.2, 0.25) is 0 Å². The molecule has 0 atom stereocenters. The Morgan fingerprint density at radius 3 is 2.57 bits per heavy atom. The first-order chi connectivity index (χ1) is 11.2. The molecule has 1 heterocycles. The zero-order chi connectivity index (χ0) is 16.7. The van der Waals surface area contributed by atoms with Crippen LogP contribution in [0.4, 0.5) is 0 Å². The Morgan fingerprint density at radius 1 is 1.17 bits per heavy atom. The van der Waals surface area contributed by atoms with Crippen molar-refractivity contribution >= 4 is 5.91 Å². The van der Waals surface area contributed by atoms with Gasteiger partial charge in [0.1, 0.15) is 5.75 Å². The van der Waals surface area contributed by atoms with E-state index in [1.807, 2.05) is 43.5 Å². The second kappa shape index (κ2) is 8.39. The SMILES string of the molecule is COCCCNC(=O)c1ccn(Cc2ccc(OC)cc2)c1C. The van der Waals surface area contributed by atoms with Gasteiger partial charge in [-0.15, -0.1) is 0 Å². The largest absolute Gasteiger partial charge is 0.497 e. The molecule has 1 aromatic heterocycles. The van der Waals surface area contributed by atoms with Crippen molar-refractivity contribution < 1.29 is 14.3 Å². The standard InChI is InChI=1S/C18H24N2O3/c1-14-17(18(21)19-10-4-12-22-2)9-11-20(14)13-15-5-7-16(23-3)8-6-15/h5-9,11H,4,10,12-13H2,1-3H3,(H,19,21). The quantitative estimate of drug-likeness (QED) is 0.762. The normalized spacial score (nSPS) is 10.6. The number of aromatic nitrogens is 1. The van der Waals surface area contributed by atoms with E-state index >= 15 is 0 Å². The van der Waals surface area contributed by atoms with Gasteiger partial charge in [0, 0.05) is 38.7 Å². The van der Waals surface area contributed by atoms with Crippen LogP contribution in [0.1, 0.15) is 28.0 Å². The van der Waals surface area contributed by atoms with Crippen LogP contribution in [-0.4, -0.2) is 37.8 Å². The molecule has 5 nitrogen and oxygen atoms in total. The van der Waals surface area contributed by atoms with Crippen LogP contribution in [0.2, 0.25) is 0 Å². The third-order valence-electron chi connectivity index (χ3n) is 3.81. The van der Waals surface area contributed by atoms with E-state index in [2.05, 4.69) is 9.88 Å². The third kappa shape index (κ3) is 4.60. The van der Waals surface area contributed by atoms with Gasteiger partial charge < -0.3 is 19.4 Å². The molecule has 5 heteroatoms. The van der Waals surface area contributed by atoms with Gasteiger partial charge in [-0.25, -0.2) is 0 Å². The Labute approximate surface area is 137 Å². The van der Waals surface area contributed by atoms with Crippen molar-refractivity contribution in [1.82, 2.24) is 9.88 Å². The fourth-order valence-corrected chi connectivity index (χ4v) is 2.40. The van der Waals surface area contributed by atoms with E-state index in [4.69, 9.17) is 9.47 Å². The molecule has 0 radical (unpaired) electrons. The molecule has 0 unspecified atom stereocenters. The molecule has 0 aliphatic carbocycles. The van der Waals surface area contributed by atoms with Crippen molar-refractivity contribution in [1.29, 1.82) is 0 Å². The van der Waals surface area contributed by atoms with E-state index in [1.54, 1.807) is 14.2 Å². The number of nitrogens with one attached hydrogen (secondary N) is 1. The highest BCUT2D eigenvalue weighted by Crippen LogP contribution is 2.15. The molecular formula is C18H24N2O3. The highest BCUT2D eigenvalue weighted by atomic mass is 16.5. The summed E-state index contributed by atoms with van der Waals surface area (Å²) in [6.07, 6.45) is 2.76. The van der Waals surface area contributed by atoms with Gasteiger partial charge in [0.05, 0.1) is 12.7 Å². The van der Waals surface area contributed by atoms with E-state index in [0.29, 0.717) is 13.2 Å². The molecule has 2 aromatic rings. The molecule has 0 saturated carbocycles. The van der Waals surface area contributed by atoms with Crippen molar-refractivity contribution in [2.45, 2.75) is 19.9 Å². The van der Waals surface area contributed by atoms with Crippen LogP contribution < -0.4 is 10.1 Å². The molecule has 2 rings (SSSR count). The molecule has 1 amide bonds. The highest BCUT2D eigenvalue weighted by Gasteiger charge is 2.12. The number of hydrogen-bond donors (Lipinski definition) is 1. The van der Waals surface area contributed by atoms with Gasteiger partial charge in [0.25, 0.3) is 5.91 Å². The molecule has 0 saturated heterocycles. The van der Waals surface area contributed by atoms with E-state index in [1.165, 1.54) is 0 Å². The summed E-state index contributed by atoms with van der Waals surface area (Å²) >= 11 is 0. The lowest BCUT2D eigenvalue weighted by molar-refractivity contribution is 0.0948. The lowest BCUT2D eigenvalue weighted by Gasteiger charge is -2.09. The summed E-state index contributed by atoms with van der Waals surface area (Å²) in [6.45, 7) is 3.97. The summed E-state index contributed by atoms with van der Waals surface area (Å²) in [4.78, 5) is 12.2. The van der Waals surface area contributed by atoms with E-state index in [9.17, 15) is 4.79 Å². The van der Waals surface area contributed by atoms with Crippen molar-refractivity contribution in [3.63, 3.8) is 0 Å². The molecule has 0 bridgehead atoms. The van der Waals surface area contributed by atoms with Crippen molar-refractivity contribution in [2.24, 2.45) is 0 Å². The molecule has 0 aliphatic rings. The first kappa shape index (κ1) is 17.1. The monoisotopic (exact) mass is 316 g/mol. The maximum absolute atomic E-state index is 12.2. The number of carbonyl (C=O) groups is 1. The van der Waals surface area contributed by atoms with E-state index < -0.39 is 0 Å². The zero-order valence-electron chi connectivity index (χ0n) is 14.0. The number of ether oxygens (including phenoxy) is 2. The maximum atomic E-state index is 12.2. The number of nitrogens with zero attached hydrogens (tertiary/aromatic N) is 1. The van der Waals surface area contributed by atoms with Crippen LogP contribution in [0.15, 0.2) is 36.5 Å². The molecule has 0 fully saturated rings. The van der Waals surface area contributed by atoms with Crippen LogP contribution in [0, 0.1) is 6.92 Å². The Bertz CT molecular complexity index is 632. The summed E-state index contributed by atoms with van der Waals surface area (Å²) in [6, 6.07) is 9.81. The molecule has 0 spiro atoms. The second-order valence-corrected chi connectivity index (χ2v) is 5.39. The van der Waals surface area contributed by atoms with Crippen LogP contribution in [0.25, 0.3) is 0 Å². The minimum atomic E-state index is -0.0351. The molecular weight excluding hydrogens is 292 g/mol.